The summed E-state index contributed by atoms with van der Waals surface area (Å²) in [6, 6.07) is 9.40. The van der Waals surface area contributed by atoms with Gasteiger partial charge in [0, 0.05) is 25.9 Å². The maximum absolute atomic E-state index is 11.9. The van der Waals surface area contributed by atoms with E-state index in [9.17, 15) is 4.79 Å². The summed E-state index contributed by atoms with van der Waals surface area (Å²) in [7, 11) is 3.60. The number of amides is 2. The van der Waals surface area contributed by atoms with Crippen LogP contribution in [0, 0.1) is 0 Å². The summed E-state index contributed by atoms with van der Waals surface area (Å²) in [5.74, 6) is 0.801. The number of ether oxygens (including phenoxy) is 1. The molecular weight excluding hydrogens is 268 g/mol. The van der Waals surface area contributed by atoms with Crippen molar-refractivity contribution in [2.75, 3.05) is 20.2 Å². The second kappa shape index (κ2) is 7.33. The zero-order valence-corrected chi connectivity index (χ0v) is 12.3. The summed E-state index contributed by atoms with van der Waals surface area (Å²) in [5.41, 5.74) is 0.996. The van der Waals surface area contributed by atoms with E-state index in [-0.39, 0.29) is 6.03 Å². The van der Waals surface area contributed by atoms with Crippen molar-refractivity contribution in [1.82, 2.24) is 20.0 Å². The van der Waals surface area contributed by atoms with Crippen molar-refractivity contribution in [2.45, 2.75) is 6.54 Å². The Kier molecular flexibility index (Phi) is 5.20. The van der Waals surface area contributed by atoms with Gasteiger partial charge in [0.05, 0.1) is 19.3 Å². The second-order valence-corrected chi connectivity index (χ2v) is 4.77. The van der Waals surface area contributed by atoms with Crippen LogP contribution in [0.2, 0.25) is 0 Å². The third kappa shape index (κ3) is 4.83. The van der Waals surface area contributed by atoms with Crippen molar-refractivity contribution < 1.29 is 9.53 Å². The highest BCUT2D eigenvalue weighted by atomic mass is 16.5. The number of aryl methyl sites for hydroxylation is 1. The molecule has 112 valence electrons. The molecule has 2 rings (SSSR count). The fourth-order valence-electron chi connectivity index (χ4n) is 1.88. The van der Waals surface area contributed by atoms with Gasteiger partial charge in [-0.1, -0.05) is 18.2 Å². The molecular formula is C15H20N4O2. The van der Waals surface area contributed by atoms with Crippen LogP contribution in [0.1, 0.15) is 5.56 Å². The van der Waals surface area contributed by atoms with E-state index in [2.05, 4.69) is 10.4 Å². The lowest BCUT2D eigenvalue weighted by Crippen LogP contribution is -2.38. The molecule has 1 aromatic heterocycles. The van der Waals surface area contributed by atoms with Crippen LogP contribution < -0.4 is 10.1 Å². The van der Waals surface area contributed by atoms with E-state index >= 15 is 0 Å². The molecule has 21 heavy (non-hydrogen) atoms. The van der Waals surface area contributed by atoms with Crippen molar-refractivity contribution in [3.05, 3.63) is 48.3 Å². The minimum Gasteiger partial charge on any atom is -0.492 e. The number of nitrogens with zero attached hydrogens (tertiary/aromatic N) is 3. The summed E-state index contributed by atoms with van der Waals surface area (Å²) >= 11 is 0. The van der Waals surface area contributed by atoms with Gasteiger partial charge in [0.2, 0.25) is 0 Å². The molecule has 2 aromatic rings. The average Bonchev–Trinajstić information content (AvgIpc) is 2.89. The highest BCUT2D eigenvalue weighted by Crippen LogP contribution is 2.07. The lowest BCUT2D eigenvalue weighted by molar-refractivity contribution is 0.203. The predicted octanol–water partition coefficient (Wildman–Crippen LogP) is 1.64. The molecule has 0 saturated carbocycles. The monoisotopic (exact) mass is 288 g/mol. The van der Waals surface area contributed by atoms with Crippen molar-refractivity contribution in [1.29, 1.82) is 0 Å². The largest absolute Gasteiger partial charge is 0.492 e. The Morgan fingerprint density at radius 1 is 1.38 bits per heavy atom. The molecule has 0 radical (unpaired) electrons. The Bertz CT molecular complexity index is 568. The van der Waals surface area contributed by atoms with Gasteiger partial charge in [-0.2, -0.15) is 5.10 Å². The SMILES string of the molecule is CN(Cc1cnn(C)c1)C(=O)NCCOc1ccccc1. The average molecular weight is 288 g/mol. The van der Waals surface area contributed by atoms with E-state index in [0.717, 1.165) is 11.3 Å². The van der Waals surface area contributed by atoms with E-state index in [0.29, 0.717) is 19.7 Å². The van der Waals surface area contributed by atoms with E-state index < -0.39 is 0 Å². The molecule has 0 atom stereocenters. The van der Waals surface area contributed by atoms with Crippen molar-refractivity contribution in [3.8, 4) is 5.75 Å². The number of rotatable bonds is 6. The second-order valence-electron chi connectivity index (χ2n) is 4.77. The van der Waals surface area contributed by atoms with Crippen LogP contribution in [-0.2, 0) is 13.6 Å². The third-order valence-electron chi connectivity index (χ3n) is 2.92. The van der Waals surface area contributed by atoms with Crippen LogP contribution >= 0.6 is 0 Å². The molecule has 6 heteroatoms. The number of carbonyl (C=O) groups excluding carboxylic acids is 1. The highest BCUT2D eigenvalue weighted by Gasteiger charge is 2.09. The van der Waals surface area contributed by atoms with Crippen LogP contribution in [0.3, 0.4) is 0 Å². The Balaban J connectivity index is 1.67. The molecule has 1 aromatic carbocycles. The lowest BCUT2D eigenvalue weighted by atomic mass is 10.3. The minimum absolute atomic E-state index is 0.129. The Labute approximate surface area is 124 Å². The maximum Gasteiger partial charge on any atom is 0.317 e. The molecule has 0 aliphatic rings. The number of benzene rings is 1. The number of hydrogen-bond donors (Lipinski definition) is 1. The first-order chi connectivity index (χ1) is 10.1. The van der Waals surface area contributed by atoms with Gasteiger partial charge in [-0.15, -0.1) is 0 Å². The fourth-order valence-corrected chi connectivity index (χ4v) is 1.88. The molecule has 0 spiro atoms. The van der Waals surface area contributed by atoms with Gasteiger partial charge >= 0.3 is 6.03 Å². The summed E-state index contributed by atoms with van der Waals surface area (Å²) in [6.07, 6.45) is 3.64. The van der Waals surface area contributed by atoms with Crippen molar-refractivity contribution in [2.24, 2.45) is 7.05 Å². The smallest absolute Gasteiger partial charge is 0.317 e. The first-order valence-electron chi connectivity index (χ1n) is 6.79. The minimum atomic E-state index is -0.129. The summed E-state index contributed by atoms with van der Waals surface area (Å²) in [4.78, 5) is 13.5. The zero-order valence-electron chi connectivity index (χ0n) is 12.3. The van der Waals surface area contributed by atoms with Gasteiger partial charge < -0.3 is 15.0 Å². The standard InChI is InChI=1S/C15H20N4O2/c1-18(11-13-10-17-19(2)12-13)15(20)16-8-9-21-14-6-4-3-5-7-14/h3-7,10,12H,8-9,11H2,1-2H3,(H,16,20). The van der Waals surface area contributed by atoms with Gasteiger partial charge in [0.1, 0.15) is 12.4 Å². The van der Waals surface area contributed by atoms with Crippen molar-refractivity contribution in [3.63, 3.8) is 0 Å². The summed E-state index contributed by atoms with van der Waals surface area (Å²) in [5, 5.41) is 6.89. The molecule has 1 heterocycles. The van der Waals surface area contributed by atoms with Gasteiger partial charge in [0.15, 0.2) is 0 Å². The van der Waals surface area contributed by atoms with Crippen LogP contribution in [0.4, 0.5) is 4.79 Å². The molecule has 6 nitrogen and oxygen atoms in total. The fraction of sp³-hybridized carbons (Fsp3) is 0.333. The lowest BCUT2D eigenvalue weighted by Gasteiger charge is -2.17. The molecule has 1 N–H and O–H groups in total. The number of aromatic nitrogens is 2. The van der Waals surface area contributed by atoms with Crippen molar-refractivity contribution >= 4 is 6.03 Å². The quantitative estimate of drug-likeness (QED) is 0.822. The van der Waals surface area contributed by atoms with Crippen LogP contribution in [0.5, 0.6) is 5.75 Å². The first-order valence-corrected chi connectivity index (χ1v) is 6.79. The van der Waals surface area contributed by atoms with Gasteiger partial charge in [-0.05, 0) is 12.1 Å². The molecule has 2 amide bonds. The predicted molar refractivity (Wildman–Crippen MR) is 80.0 cm³/mol. The molecule has 0 fully saturated rings. The third-order valence-corrected chi connectivity index (χ3v) is 2.92. The molecule has 0 unspecified atom stereocenters. The Hall–Kier alpha value is -2.50. The first kappa shape index (κ1) is 14.9. The number of urea groups is 1. The normalized spacial score (nSPS) is 10.2. The molecule has 0 bridgehead atoms. The van der Waals surface area contributed by atoms with Crippen LogP contribution in [0.15, 0.2) is 42.7 Å². The highest BCUT2D eigenvalue weighted by molar-refractivity contribution is 5.73. The van der Waals surface area contributed by atoms with E-state index in [4.69, 9.17) is 4.74 Å². The number of carbonyl (C=O) groups is 1. The van der Waals surface area contributed by atoms with E-state index in [1.807, 2.05) is 43.6 Å². The molecule has 0 aliphatic heterocycles. The Morgan fingerprint density at radius 2 is 2.14 bits per heavy atom. The topological polar surface area (TPSA) is 59.4 Å². The molecule has 0 saturated heterocycles. The molecule has 0 aliphatic carbocycles. The number of hydrogen-bond acceptors (Lipinski definition) is 3. The van der Waals surface area contributed by atoms with Crippen LogP contribution in [-0.4, -0.2) is 40.9 Å². The van der Waals surface area contributed by atoms with Gasteiger partial charge in [0.25, 0.3) is 0 Å². The van der Waals surface area contributed by atoms with Crippen LogP contribution in [0.25, 0.3) is 0 Å². The van der Waals surface area contributed by atoms with Gasteiger partial charge in [-0.3, -0.25) is 4.68 Å². The number of para-hydroxylation sites is 1. The summed E-state index contributed by atoms with van der Waals surface area (Å²) in [6.45, 7) is 1.43. The zero-order chi connectivity index (χ0) is 15.1. The van der Waals surface area contributed by atoms with Gasteiger partial charge in [-0.25, -0.2) is 4.79 Å². The Morgan fingerprint density at radius 3 is 2.81 bits per heavy atom. The van der Waals surface area contributed by atoms with E-state index in [1.54, 1.807) is 22.8 Å². The summed E-state index contributed by atoms with van der Waals surface area (Å²) < 4.78 is 7.23. The maximum atomic E-state index is 11.9. The number of nitrogens with one attached hydrogen (secondary N) is 1. The van der Waals surface area contributed by atoms with E-state index in [1.165, 1.54) is 0 Å².